The second-order valence-corrected chi connectivity index (χ2v) is 6.92. The van der Waals surface area contributed by atoms with Gasteiger partial charge in [0.05, 0.1) is 18.7 Å². The number of carbonyl (C=O) groups is 2. The molecule has 0 aromatic heterocycles. The SMILES string of the molecule is COc1cccc(C2C(=O)N(C(=O)OC(C)(C)C)c3ccccc32)c1. The number of hydrogen-bond acceptors (Lipinski definition) is 4. The van der Waals surface area contributed by atoms with Crippen molar-refractivity contribution in [3.8, 4) is 5.75 Å². The highest BCUT2D eigenvalue weighted by atomic mass is 16.6. The molecule has 1 aliphatic rings. The van der Waals surface area contributed by atoms with Gasteiger partial charge in [0, 0.05) is 0 Å². The second kappa shape index (κ2) is 6.24. The minimum absolute atomic E-state index is 0.316. The van der Waals surface area contributed by atoms with Crippen LogP contribution in [0, 0.1) is 0 Å². The van der Waals surface area contributed by atoms with E-state index < -0.39 is 17.6 Å². The molecule has 0 saturated heterocycles. The van der Waals surface area contributed by atoms with Gasteiger partial charge in [-0.25, -0.2) is 9.69 Å². The molecular formula is C20H21NO4. The number of nitrogens with zero attached hydrogens (tertiary/aromatic N) is 1. The Morgan fingerprint density at radius 3 is 2.48 bits per heavy atom. The zero-order chi connectivity index (χ0) is 18.2. The highest BCUT2D eigenvalue weighted by Gasteiger charge is 2.43. The van der Waals surface area contributed by atoms with E-state index in [4.69, 9.17) is 9.47 Å². The number of carbonyl (C=O) groups excluding carboxylic acids is 2. The first kappa shape index (κ1) is 17.0. The van der Waals surface area contributed by atoms with E-state index in [1.165, 1.54) is 0 Å². The molecule has 0 aliphatic carbocycles. The molecular weight excluding hydrogens is 318 g/mol. The lowest BCUT2D eigenvalue weighted by molar-refractivity contribution is -0.118. The third-order valence-electron chi connectivity index (χ3n) is 3.96. The average molecular weight is 339 g/mol. The molecule has 1 aliphatic heterocycles. The smallest absolute Gasteiger partial charge is 0.421 e. The van der Waals surface area contributed by atoms with Crippen LogP contribution >= 0.6 is 0 Å². The number of fused-ring (bicyclic) bond motifs is 1. The maximum Gasteiger partial charge on any atom is 0.421 e. The van der Waals surface area contributed by atoms with E-state index in [1.54, 1.807) is 40.0 Å². The molecule has 3 rings (SSSR count). The summed E-state index contributed by atoms with van der Waals surface area (Å²) in [7, 11) is 1.58. The van der Waals surface area contributed by atoms with E-state index in [0.717, 1.165) is 16.0 Å². The molecule has 2 aromatic carbocycles. The number of hydrogen-bond donors (Lipinski definition) is 0. The largest absolute Gasteiger partial charge is 0.497 e. The number of para-hydroxylation sites is 1. The number of rotatable bonds is 2. The van der Waals surface area contributed by atoms with Crippen LogP contribution in [0.2, 0.25) is 0 Å². The summed E-state index contributed by atoms with van der Waals surface area (Å²) in [6.07, 6.45) is -0.657. The fourth-order valence-corrected chi connectivity index (χ4v) is 2.96. The zero-order valence-corrected chi connectivity index (χ0v) is 14.8. The van der Waals surface area contributed by atoms with Crippen LogP contribution in [-0.4, -0.2) is 24.7 Å². The summed E-state index contributed by atoms with van der Waals surface area (Å²) in [6.45, 7) is 5.32. The summed E-state index contributed by atoms with van der Waals surface area (Å²) in [5.74, 6) is -0.207. The van der Waals surface area contributed by atoms with E-state index in [9.17, 15) is 9.59 Å². The van der Waals surface area contributed by atoms with Gasteiger partial charge in [-0.05, 0) is 50.1 Å². The molecule has 0 N–H and O–H groups in total. The van der Waals surface area contributed by atoms with Gasteiger partial charge >= 0.3 is 6.09 Å². The van der Waals surface area contributed by atoms with E-state index >= 15 is 0 Å². The quantitative estimate of drug-likeness (QED) is 0.826. The summed E-state index contributed by atoms with van der Waals surface area (Å²) in [4.78, 5) is 26.8. The van der Waals surface area contributed by atoms with Gasteiger partial charge < -0.3 is 9.47 Å². The Labute approximate surface area is 147 Å². The standard InChI is InChI=1S/C20H21NO4/c1-20(2,3)25-19(23)21-16-11-6-5-10-15(16)17(18(21)22)13-8-7-9-14(12-13)24-4/h5-12,17H,1-4H3. The van der Waals surface area contributed by atoms with Crippen molar-refractivity contribution < 1.29 is 19.1 Å². The van der Waals surface area contributed by atoms with Gasteiger partial charge in [0.1, 0.15) is 11.4 Å². The molecule has 1 unspecified atom stereocenters. The number of imide groups is 1. The lowest BCUT2D eigenvalue weighted by atomic mass is 9.92. The van der Waals surface area contributed by atoms with Gasteiger partial charge in [0.25, 0.3) is 0 Å². The van der Waals surface area contributed by atoms with Gasteiger partial charge in [-0.2, -0.15) is 0 Å². The van der Waals surface area contributed by atoms with Crippen LogP contribution in [0.5, 0.6) is 5.75 Å². The van der Waals surface area contributed by atoms with E-state index in [1.807, 2.05) is 36.4 Å². The van der Waals surface area contributed by atoms with Crippen molar-refractivity contribution in [1.82, 2.24) is 0 Å². The van der Waals surface area contributed by atoms with Crippen LogP contribution in [0.25, 0.3) is 0 Å². The number of ether oxygens (including phenoxy) is 2. The van der Waals surface area contributed by atoms with Crippen LogP contribution in [0.4, 0.5) is 10.5 Å². The van der Waals surface area contributed by atoms with Gasteiger partial charge in [-0.3, -0.25) is 4.79 Å². The first-order valence-electron chi connectivity index (χ1n) is 8.11. The minimum Gasteiger partial charge on any atom is -0.497 e. The van der Waals surface area contributed by atoms with Crippen molar-refractivity contribution in [3.05, 3.63) is 59.7 Å². The highest BCUT2D eigenvalue weighted by molar-refractivity contribution is 6.20. The summed E-state index contributed by atoms with van der Waals surface area (Å²) in [6, 6.07) is 14.6. The van der Waals surface area contributed by atoms with Crippen molar-refractivity contribution in [2.75, 3.05) is 12.0 Å². The van der Waals surface area contributed by atoms with Gasteiger partial charge in [0.15, 0.2) is 0 Å². The Hall–Kier alpha value is -2.82. The molecule has 25 heavy (non-hydrogen) atoms. The fraction of sp³-hybridized carbons (Fsp3) is 0.300. The van der Waals surface area contributed by atoms with Gasteiger partial charge in [-0.1, -0.05) is 30.3 Å². The van der Waals surface area contributed by atoms with Crippen molar-refractivity contribution in [2.45, 2.75) is 32.3 Å². The number of benzene rings is 2. The first-order chi connectivity index (χ1) is 11.8. The predicted molar refractivity (Wildman–Crippen MR) is 95.0 cm³/mol. The molecule has 5 heteroatoms. The fourth-order valence-electron chi connectivity index (χ4n) is 2.96. The van der Waals surface area contributed by atoms with Crippen molar-refractivity contribution >= 4 is 17.7 Å². The molecule has 130 valence electrons. The Kier molecular flexibility index (Phi) is 4.25. The summed E-state index contributed by atoms with van der Waals surface area (Å²) in [5.41, 5.74) is 1.45. The zero-order valence-electron chi connectivity index (χ0n) is 14.8. The molecule has 0 bridgehead atoms. The van der Waals surface area contributed by atoms with E-state index in [-0.39, 0.29) is 5.91 Å². The molecule has 2 amide bonds. The highest BCUT2D eigenvalue weighted by Crippen LogP contribution is 2.42. The summed E-state index contributed by atoms with van der Waals surface area (Å²) < 4.78 is 10.7. The first-order valence-corrected chi connectivity index (χ1v) is 8.11. The maximum atomic E-state index is 13.1. The Morgan fingerprint density at radius 2 is 1.80 bits per heavy atom. The molecule has 0 saturated carbocycles. The summed E-state index contributed by atoms with van der Waals surface area (Å²) in [5, 5.41) is 0. The minimum atomic E-state index is -0.680. The monoisotopic (exact) mass is 339 g/mol. The summed E-state index contributed by atoms with van der Waals surface area (Å²) >= 11 is 0. The van der Waals surface area contributed by atoms with Gasteiger partial charge in [-0.15, -0.1) is 0 Å². The normalized spacial score (nSPS) is 16.6. The number of methoxy groups -OCH3 is 1. The number of amides is 2. The maximum absolute atomic E-state index is 13.1. The van der Waals surface area contributed by atoms with Crippen molar-refractivity contribution in [2.24, 2.45) is 0 Å². The van der Waals surface area contributed by atoms with Crippen LogP contribution in [-0.2, 0) is 9.53 Å². The average Bonchev–Trinajstić information content (AvgIpc) is 2.85. The lowest BCUT2D eigenvalue weighted by Gasteiger charge is -2.24. The third kappa shape index (κ3) is 3.22. The van der Waals surface area contributed by atoms with E-state index in [0.29, 0.717) is 11.4 Å². The molecule has 2 aromatic rings. The molecule has 0 fully saturated rings. The second-order valence-electron chi connectivity index (χ2n) is 6.92. The molecule has 1 heterocycles. The van der Waals surface area contributed by atoms with Crippen molar-refractivity contribution in [1.29, 1.82) is 0 Å². The molecule has 0 spiro atoms. The van der Waals surface area contributed by atoms with Crippen molar-refractivity contribution in [3.63, 3.8) is 0 Å². The van der Waals surface area contributed by atoms with E-state index in [2.05, 4.69) is 0 Å². The predicted octanol–water partition coefficient (Wildman–Crippen LogP) is 4.11. The van der Waals surface area contributed by atoms with Gasteiger partial charge in [0.2, 0.25) is 5.91 Å². The molecule has 5 nitrogen and oxygen atoms in total. The van der Waals surface area contributed by atoms with Crippen LogP contribution in [0.15, 0.2) is 48.5 Å². The Morgan fingerprint density at radius 1 is 1.08 bits per heavy atom. The Balaban J connectivity index is 2.05. The molecule has 1 atom stereocenters. The lowest BCUT2D eigenvalue weighted by Crippen LogP contribution is -2.39. The Bertz CT molecular complexity index is 822. The van der Waals surface area contributed by atoms with Crippen LogP contribution in [0.1, 0.15) is 37.8 Å². The number of anilines is 1. The third-order valence-corrected chi connectivity index (χ3v) is 3.96. The molecule has 0 radical (unpaired) electrons. The topological polar surface area (TPSA) is 55.8 Å². The van der Waals surface area contributed by atoms with Crippen LogP contribution < -0.4 is 9.64 Å². The van der Waals surface area contributed by atoms with Crippen LogP contribution in [0.3, 0.4) is 0 Å².